The van der Waals surface area contributed by atoms with Crippen molar-refractivity contribution in [2.75, 3.05) is 0 Å². The van der Waals surface area contributed by atoms with Crippen molar-refractivity contribution in [3.63, 3.8) is 0 Å². The molecule has 4 aliphatic rings. The molecule has 0 radical (unpaired) electrons. The number of aromatic amines is 2. The summed E-state index contributed by atoms with van der Waals surface area (Å²) in [5.74, 6) is 6.73. The number of hydrogen-bond donors (Lipinski definition) is 2. The Morgan fingerprint density at radius 3 is 0.714 bits per heavy atom. The lowest BCUT2D eigenvalue weighted by Gasteiger charge is -2.29. The highest BCUT2D eigenvalue weighted by Crippen LogP contribution is 2.49. The molecule has 2 N–H and O–H groups in total. The van der Waals surface area contributed by atoms with E-state index < -0.39 is 23.9 Å². The lowest BCUT2D eigenvalue weighted by molar-refractivity contribution is 0.418. The van der Waals surface area contributed by atoms with Gasteiger partial charge in [-0.1, -0.05) is 210 Å². The minimum absolute atomic E-state index is 0.0950. The monoisotopic (exact) mass is 1480 g/mol. The number of ether oxygens (including phenoxy) is 6. The molecule has 0 fully saturated rings. The summed E-state index contributed by atoms with van der Waals surface area (Å²) in [7, 11) is 0. The van der Waals surface area contributed by atoms with Gasteiger partial charge in [-0.25, -0.2) is 29.9 Å². The second kappa shape index (κ2) is 28.1. The molecule has 16 nitrogen and oxygen atoms in total. The largest absolute Gasteiger partial charge is 0.453 e. The molecule has 0 aliphatic carbocycles. The molecule has 16 rings (SSSR count). The van der Waals surface area contributed by atoms with E-state index >= 15 is 0 Å². The number of allylic oxidation sites excluding steroid dienone is 2. The number of nitrogens with one attached hydrogen (secondary N) is 2. The van der Waals surface area contributed by atoms with Crippen LogP contribution in [-0.4, -0.2) is 64.4 Å². The maximum atomic E-state index is 7.06. The fourth-order valence-electron chi connectivity index (χ4n) is 14.5. The van der Waals surface area contributed by atoms with Crippen LogP contribution in [0.3, 0.4) is 0 Å². The van der Waals surface area contributed by atoms with Gasteiger partial charge in [-0.15, -0.1) is 0 Å². The molecule has 3 aromatic heterocycles. The van der Waals surface area contributed by atoms with E-state index in [0.717, 1.165) is 33.4 Å². The van der Waals surface area contributed by atoms with Crippen molar-refractivity contribution in [1.29, 1.82) is 0 Å². The zero-order chi connectivity index (χ0) is 78.6. The third kappa shape index (κ3) is 15.2. The van der Waals surface area contributed by atoms with E-state index in [4.69, 9.17) is 68.3 Å². The van der Waals surface area contributed by atoms with E-state index in [2.05, 4.69) is 220 Å². The highest BCUT2D eigenvalue weighted by Gasteiger charge is 2.41. The summed E-state index contributed by atoms with van der Waals surface area (Å²) in [6, 6.07) is 60.1. The van der Waals surface area contributed by atoms with Gasteiger partial charge in [0, 0.05) is 45.1 Å². The molecule has 0 saturated carbocycles. The summed E-state index contributed by atoms with van der Waals surface area (Å²) in [5, 5.41) is 2.59. The number of fused-ring (bicyclic) bond motifs is 22. The van der Waals surface area contributed by atoms with Crippen LogP contribution in [0, 0.1) is 0 Å². The van der Waals surface area contributed by atoms with E-state index in [0.29, 0.717) is 148 Å². The first-order valence-corrected chi connectivity index (χ1v) is 38.6. The van der Waals surface area contributed by atoms with Crippen molar-refractivity contribution in [3.05, 3.63) is 251 Å². The first-order chi connectivity index (χ1) is 53.2. The average molecular weight is 1490 g/mol. The number of aromatic nitrogens is 8. The van der Waals surface area contributed by atoms with Gasteiger partial charge in [0.1, 0.15) is 68.7 Å². The molecular formula is C96H96N10O6. The predicted molar refractivity (Wildman–Crippen MR) is 451 cm³/mol. The summed E-state index contributed by atoms with van der Waals surface area (Å²) in [6.45, 7) is 39.6. The Kier molecular flexibility index (Phi) is 18.6. The van der Waals surface area contributed by atoms with E-state index in [-0.39, 0.29) is 32.5 Å². The molecule has 0 amide bonds. The van der Waals surface area contributed by atoms with Crippen molar-refractivity contribution in [2.24, 2.45) is 9.98 Å². The minimum Gasteiger partial charge on any atom is -0.453 e. The molecule has 112 heavy (non-hydrogen) atoms. The summed E-state index contributed by atoms with van der Waals surface area (Å²) >= 11 is 0. The Labute approximate surface area is 655 Å². The molecule has 4 aliphatic heterocycles. The normalized spacial score (nSPS) is 16.3. The molecular weight excluding hydrogens is 1390 g/mol. The fourth-order valence-corrected chi connectivity index (χ4v) is 14.5. The summed E-state index contributed by atoms with van der Waals surface area (Å²) in [6.07, 6.45) is 11.8. The molecule has 566 valence electrons. The van der Waals surface area contributed by atoms with Crippen LogP contribution < -0.4 is 28.4 Å². The minimum atomic E-state index is -0.478. The Morgan fingerprint density at radius 1 is 0.259 bits per heavy atom. The van der Waals surface area contributed by atoms with Crippen molar-refractivity contribution in [2.45, 2.75) is 181 Å². The van der Waals surface area contributed by atoms with Gasteiger partial charge < -0.3 is 38.4 Å². The molecule has 0 spiro atoms. The SMILES string of the molecule is CC(C)(C)c1ccc(Oc2cc3c(cc2Oc2ccc(C(C)(C)C)cc2)-c2nc-3nc3[nH]c(nc4nc(nc5[nH]c(n2)c2cc(Oc6ccc(C(C)(C)C)cc6)c(Oc6ccc(C(C)(C)C)cc6)cc52)C2C=CC=NC2C2N=CC=CC42)c2cc(Oc4ccc(C(C)(C)C)cc4)c(Oc4ccc(C(C)(C)C)cc4)cc32)cc1. The number of hydrogen-bond acceptors (Lipinski definition) is 14. The molecule has 12 aromatic rings. The smallest absolute Gasteiger partial charge is 0.170 e. The van der Waals surface area contributed by atoms with Crippen LogP contribution in [0.2, 0.25) is 0 Å². The van der Waals surface area contributed by atoms with Crippen LogP contribution in [0.15, 0.2) is 216 Å². The second-order valence-electron chi connectivity index (χ2n) is 35.9. The van der Waals surface area contributed by atoms with Gasteiger partial charge in [0.15, 0.2) is 46.1 Å². The Hall–Kier alpha value is -12.0. The molecule has 4 atom stereocenters. The Balaban J connectivity index is 1.01. The van der Waals surface area contributed by atoms with Crippen LogP contribution >= 0.6 is 0 Å². The van der Waals surface area contributed by atoms with Crippen LogP contribution in [0.25, 0.3) is 66.9 Å². The summed E-state index contributed by atoms with van der Waals surface area (Å²) in [5.41, 5.74) is 9.26. The average Bonchev–Trinajstić information content (AvgIpc) is 1.58. The van der Waals surface area contributed by atoms with Crippen LogP contribution in [0.4, 0.5) is 0 Å². The van der Waals surface area contributed by atoms with Crippen molar-refractivity contribution in [3.8, 4) is 91.8 Å². The second-order valence-corrected chi connectivity index (χ2v) is 35.9. The van der Waals surface area contributed by atoms with E-state index in [9.17, 15) is 0 Å². The topological polar surface area (TPSA) is 189 Å². The van der Waals surface area contributed by atoms with Crippen molar-refractivity contribution in [1.82, 2.24) is 39.9 Å². The van der Waals surface area contributed by atoms with Gasteiger partial charge in [0.25, 0.3) is 0 Å². The number of rotatable bonds is 12. The number of aliphatic imine (C=N–C) groups is 2. The molecule has 9 aromatic carbocycles. The summed E-state index contributed by atoms with van der Waals surface area (Å²) < 4.78 is 42.3. The van der Waals surface area contributed by atoms with Crippen LogP contribution in [0.1, 0.15) is 181 Å². The fraction of sp³-hybridized carbons (Fsp3) is 0.292. The number of benzene rings is 9. The van der Waals surface area contributed by atoms with Gasteiger partial charge in [-0.3, -0.25) is 9.98 Å². The molecule has 8 bridgehead atoms. The highest BCUT2D eigenvalue weighted by atomic mass is 16.5. The number of dihydropyridines is 2. The van der Waals surface area contributed by atoms with Gasteiger partial charge >= 0.3 is 0 Å². The van der Waals surface area contributed by atoms with Crippen LogP contribution in [-0.2, 0) is 32.5 Å². The summed E-state index contributed by atoms with van der Waals surface area (Å²) in [4.78, 5) is 51.9. The molecule has 16 heteroatoms. The first kappa shape index (κ1) is 74.1. The lowest BCUT2D eigenvalue weighted by Crippen LogP contribution is -2.34. The number of nitrogens with zero attached hydrogens (tertiary/aromatic N) is 8. The Bertz CT molecular complexity index is 5570. The predicted octanol–water partition coefficient (Wildman–Crippen LogP) is 25.0. The zero-order valence-corrected chi connectivity index (χ0v) is 67.1. The highest BCUT2D eigenvalue weighted by molar-refractivity contribution is 6.08. The van der Waals surface area contributed by atoms with E-state index in [1.807, 2.05) is 134 Å². The lowest BCUT2D eigenvalue weighted by atomic mass is 9.84. The Morgan fingerprint density at radius 2 is 0.482 bits per heavy atom. The van der Waals surface area contributed by atoms with E-state index in [1.165, 1.54) is 0 Å². The molecule has 0 saturated heterocycles. The maximum absolute atomic E-state index is 7.06. The quantitative estimate of drug-likeness (QED) is 0.118. The molecule has 4 unspecified atom stereocenters. The molecule has 7 heterocycles. The van der Waals surface area contributed by atoms with Gasteiger partial charge in [0.05, 0.1) is 23.9 Å². The van der Waals surface area contributed by atoms with Crippen LogP contribution in [0.5, 0.6) is 69.0 Å². The first-order valence-electron chi connectivity index (χ1n) is 38.6. The van der Waals surface area contributed by atoms with Gasteiger partial charge in [-0.05, 0) is 187 Å². The van der Waals surface area contributed by atoms with Crippen molar-refractivity contribution < 1.29 is 28.4 Å². The van der Waals surface area contributed by atoms with Crippen molar-refractivity contribution >= 4 is 56.6 Å². The third-order valence-electron chi connectivity index (χ3n) is 21.3. The standard InChI is InChI=1S/C96H96N10O6/c1-91(2,3)55-23-35-61(36-24-55)107-75-49-69-71(51-77(75)109-63-39-27-57(28-40-63)93(7,8)9)87-102-85(69)100-83-67-21-19-47-97-81(67)82-68(22-20-48-98-82)84(99-83)101-86-70-50-76(108-62-37-25-56(26-38-62)92(4,5)6)78(110-64-41-29-58(30-42-64)94(10,11)12)52-72(70)88(103-86)105-90-74-54-80(112-66-45-33-60(34-46-66)96(16,17)18)79(53-73(74)89(104-87)106-90)111-65-43-31-59(32-44-65)95(13,14)15/h19-54,67-68,81-82H,1-18H3,(H2,99,100,101,102,103,104,105,106). The zero-order valence-electron chi connectivity index (χ0n) is 67.1. The van der Waals surface area contributed by atoms with Gasteiger partial charge in [0.2, 0.25) is 0 Å². The van der Waals surface area contributed by atoms with E-state index in [1.54, 1.807) is 0 Å². The van der Waals surface area contributed by atoms with Gasteiger partial charge in [-0.2, -0.15) is 0 Å². The maximum Gasteiger partial charge on any atom is 0.170 e. The number of H-pyrrole nitrogens is 2. The third-order valence-corrected chi connectivity index (χ3v) is 21.3.